The summed E-state index contributed by atoms with van der Waals surface area (Å²) in [5, 5.41) is 2.89. The van der Waals surface area contributed by atoms with E-state index in [4.69, 9.17) is 9.73 Å². The Bertz CT molecular complexity index is 1120. The Morgan fingerprint density at radius 2 is 2.03 bits per heavy atom. The molecule has 0 radical (unpaired) electrons. The van der Waals surface area contributed by atoms with Gasteiger partial charge in [-0.3, -0.25) is 0 Å². The van der Waals surface area contributed by atoms with Crippen LogP contribution in [-0.2, 0) is 24.1 Å². The van der Waals surface area contributed by atoms with Gasteiger partial charge in [-0.15, -0.1) is 29.3 Å². The molecule has 0 aliphatic heterocycles. The second kappa shape index (κ2) is 9.14. The molecule has 6 heteroatoms. The van der Waals surface area contributed by atoms with Crippen LogP contribution >= 0.6 is 22.7 Å². The molecule has 2 aromatic heterocycles. The fourth-order valence-corrected chi connectivity index (χ4v) is 5.99. The van der Waals surface area contributed by atoms with E-state index in [0.717, 1.165) is 45.9 Å². The Hall–Kier alpha value is -2.44. The highest BCUT2D eigenvalue weighted by Gasteiger charge is 2.27. The fourth-order valence-electron chi connectivity index (χ4n) is 3.76. The minimum absolute atomic E-state index is 0.151. The van der Waals surface area contributed by atoms with E-state index in [1.807, 2.05) is 38.1 Å². The van der Waals surface area contributed by atoms with Gasteiger partial charge in [-0.05, 0) is 50.7 Å². The maximum atomic E-state index is 12.9. The summed E-state index contributed by atoms with van der Waals surface area (Å²) >= 11 is 3.23. The lowest BCUT2D eigenvalue weighted by Crippen LogP contribution is -2.16. The second-order valence-corrected chi connectivity index (χ2v) is 9.55. The molecule has 0 saturated heterocycles. The molecule has 0 spiro atoms. The highest BCUT2D eigenvalue weighted by molar-refractivity contribution is 7.16. The quantitative estimate of drug-likeness (QED) is 0.343. The lowest BCUT2D eigenvalue weighted by molar-refractivity contribution is 0.0378. The molecule has 0 saturated carbocycles. The molecule has 1 aromatic carbocycles. The third kappa shape index (κ3) is 4.20. The molecule has 0 atom stereocenters. The smallest absolute Gasteiger partial charge is 0.341 e. The second-order valence-electron chi connectivity index (χ2n) is 7.63. The maximum absolute atomic E-state index is 12.9. The van der Waals surface area contributed by atoms with Gasteiger partial charge in [0.25, 0.3) is 0 Å². The number of nitrogens with zero attached hydrogens (tertiary/aromatic N) is 2. The number of fused-ring (bicyclic) bond motifs is 1. The number of thiophene rings is 1. The molecule has 2 heterocycles. The maximum Gasteiger partial charge on any atom is 0.341 e. The molecule has 0 amide bonds. The van der Waals surface area contributed by atoms with E-state index in [2.05, 4.69) is 28.7 Å². The topological polar surface area (TPSA) is 43.6 Å². The average molecular weight is 439 g/mol. The Morgan fingerprint density at radius 1 is 1.27 bits per heavy atom. The van der Waals surface area contributed by atoms with Crippen LogP contribution in [0.1, 0.15) is 47.5 Å². The number of ether oxygens (including phenoxy) is 1. The minimum atomic E-state index is -0.252. The molecule has 3 aromatic rings. The van der Waals surface area contributed by atoms with E-state index < -0.39 is 0 Å². The number of rotatable bonds is 6. The molecule has 0 N–H and O–H groups in total. The lowest BCUT2D eigenvalue weighted by Gasteiger charge is -2.13. The first-order chi connectivity index (χ1) is 14.6. The molecule has 1 aliphatic carbocycles. The van der Waals surface area contributed by atoms with Crippen LogP contribution in [0.4, 0.5) is 5.00 Å². The van der Waals surface area contributed by atoms with Crippen molar-refractivity contribution in [2.24, 2.45) is 4.99 Å². The van der Waals surface area contributed by atoms with Crippen molar-refractivity contribution >= 4 is 33.6 Å². The van der Waals surface area contributed by atoms with E-state index >= 15 is 0 Å². The van der Waals surface area contributed by atoms with Crippen LogP contribution in [0.15, 0.2) is 53.4 Å². The van der Waals surface area contributed by atoms with Crippen molar-refractivity contribution in [1.82, 2.24) is 4.57 Å². The van der Waals surface area contributed by atoms with Gasteiger partial charge in [0, 0.05) is 16.8 Å². The Labute approximate surface area is 185 Å². The number of hydrogen-bond acceptors (Lipinski definition) is 5. The molecule has 4 nitrogen and oxygen atoms in total. The van der Waals surface area contributed by atoms with Crippen molar-refractivity contribution in [3.05, 3.63) is 69.2 Å². The van der Waals surface area contributed by atoms with Crippen molar-refractivity contribution in [2.45, 2.75) is 52.2 Å². The fraction of sp³-hybridized carbons (Fsp3) is 0.333. The van der Waals surface area contributed by atoms with Gasteiger partial charge in [-0.1, -0.05) is 36.4 Å². The zero-order valence-corrected chi connectivity index (χ0v) is 19.0. The van der Waals surface area contributed by atoms with Crippen molar-refractivity contribution in [1.29, 1.82) is 0 Å². The summed E-state index contributed by atoms with van der Waals surface area (Å²) in [5.74, 6) is -0.252. The van der Waals surface area contributed by atoms with Crippen molar-refractivity contribution in [3.63, 3.8) is 0 Å². The van der Waals surface area contributed by atoms with Crippen molar-refractivity contribution in [3.8, 4) is 11.3 Å². The van der Waals surface area contributed by atoms with Gasteiger partial charge in [0.2, 0.25) is 0 Å². The summed E-state index contributed by atoms with van der Waals surface area (Å²) < 4.78 is 7.74. The molecular weight excluding hydrogens is 412 g/mol. The van der Waals surface area contributed by atoms with Crippen LogP contribution in [0, 0.1) is 0 Å². The molecular formula is C24H26N2O2S2. The lowest BCUT2D eigenvalue weighted by atomic mass is 9.95. The number of aromatic nitrogens is 1. The SMILES string of the molecule is C=CCn1c(-c2ccccc2)cs/c1=N\c1sc2c(c1C(=O)OC(C)C)CCCC2. The number of aryl methyl sites for hydroxylation is 1. The summed E-state index contributed by atoms with van der Waals surface area (Å²) in [6, 6.07) is 10.3. The highest BCUT2D eigenvalue weighted by Crippen LogP contribution is 2.40. The van der Waals surface area contributed by atoms with E-state index in [1.54, 1.807) is 22.7 Å². The Balaban J connectivity index is 1.86. The van der Waals surface area contributed by atoms with Crippen LogP contribution in [0.2, 0.25) is 0 Å². The van der Waals surface area contributed by atoms with Gasteiger partial charge in [0.15, 0.2) is 4.80 Å². The zero-order chi connectivity index (χ0) is 21.1. The third-order valence-electron chi connectivity index (χ3n) is 5.08. The van der Waals surface area contributed by atoms with E-state index in [-0.39, 0.29) is 12.1 Å². The number of carbonyl (C=O) groups excluding carboxylic acids is 1. The Kier molecular flexibility index (Phi) is 6.35. The number of benzene rings is 1. The molecule has 0 fully saturated rings. The average Bonchev–Trinajstić information content (AvgIpc) is 3.30. The van der Waals surface area contributed by atoms with Gasteiger partial charge in [0.1, 0.15) is 5.00 Å². The van der Waals surface area contributed by atoms with Crippen LogP contribution in [0.25, 0.3) is 11.3 Å². The van der Waals surface area contributed by atoms with Crippen LogP contribution in [0.5, 0.6) is 0 Å². The number of thiazole rings is 1. The number of esters is 1. The standard InChI is InChI=1S/C24H26N2O2S2/c1-4-14-26-19(17-10-6-5-7-11-17)15-29-24(26)25-22-21(23(27)28-16(2)3)18-12-8-9-13-20(18)30-22/h4-7,10-11,15-16H,1,8-9,12-14H2,2-3H3/b25-24-. The van der Waals surface area contributed by atoms with Crippen molar-refractivity contribution in [2.75, 3.05) is 0 Å². The van der Waals surface area contributed by atoms with E-state index in [9.17, 15) is 4.79 Å². The van der Waals surface area contributed by atoms with Gasteiger partial charge >= 0.3 is 5.97 Å². The van der Waals surface area contributed by atoms with E-state index in [0.29, 0.717) is 12.1 Å². The first-order valence-corrected chi connectivity index (χ1v) is 12.0. The number of hydrogen-bond donors (Lipinski definition) is 0. The molecule has 0 unspecified atom stereocenters. The summed E-state index contributed by atoms with van der Waals surface area (Å²) in [4.78, 5) is 20.1. The molecule has 156 valence electrons. The first kappa shape index (κ1) is 20.8. The predicted octanol–water partition coefficient (Wildman–Crippen LogP) is 6.14. The van der Waals surface area contributed by atoms with Gasteiger partial charge < -0.3 is 9.30 Å². The molecule has 4 rings (SSSR count). The van der Waals surface area contributed by atoms with Crippen LogP contribution < -0.4 is 4.80 Å². The summed E-state index contributed by atoms with van der Waals surface area (Å²) in [7, 11) is 0. The minimum Gasteiger partial charge on any atom is -0.459 e. The zero-order valence-electron chi connectivity index (χ0n) is 17.4. The van der Waals surface area contributed by atoms with Crippen LogP contribution in [-0.4, -0.2) is 16.6 Å². The van der Waals surface area contributed by atoms with Gasteiger partial charge in [-0.2, -0.15) is 0 Å². The Morgan fingerprint density at radius 3 is 2.77 bits per heavy atom. The van der Waals surface area contributed by atoms with E-state index in [1.165, 1.54) is 11.3 Å². The molecule has 0 bridgehead atoms. The number of carbonyl (C=O) groups is 1. The summed E-state index contributed by atoms with van der Waals surface area (Å²) in [6.45, 7) is 8.35. The third-order valence-corrected chi connectivity index (χ3v) is 7.12. The van der Waals surface area contributed by atoms with Crippen molar-refractivity contribution < 1.29 is 9.53 Å². The van der Waals surface area contributed by atoms with Gasteiger partial charge in [-0.25, -0.2) is 9.79 Å². The normalized spacial score (nSPS) is 14.0. The summed E-state index contributed by atoms with van der Waals surface area (Å²) in [5.41, 5.74) is 4.06. The molecule has 1 aliphatic rings. The first-order valence-electron chi connectivity index (χ1n) is 10.3. The number of allylic oxidation sites excluding steroid dienone is 1. The van der Waals surface area contributed by atoms with Crippen LogP contribution in [0.3, 0.4) is 0 Å². The highest BCUT2D eigenvalue weighted by atomic mass is 32.1. The molecule has 30 heavy (non-hydrogen) atoms. The predicted molar refractivity (Wildman–Crippen MR) is 125 cm³/mol. The monoisotopic (exact) mass is 438 g/mol. The van der Waals surface area contributed by atoms with Gasteiger partial charge in [0.05, 0.1) is 17.4 Å². The largest absolute Gasteiger partial charge is 0.459 e. The summed E-state index contributed by atoms with van der Waals surface area (Å²) in [6.07, 6.45) is 5.95.